The van der Waals surface area contributed by atoms with Crippen molar-refractivity contribution in [3.63, 3.8) is 0 Å². The van der Waals surface area contributed by atoms with Gasteiger partial charge >= 0.3 is 0 Å². The number of benzene rings is 1. The maximum atomic E-state index is 9.54. The first-order chi connectivity index (χ1) is 5.84. The van der Waals surface area contributed by atoms with Crippen LogP contribution in [0.5, 0.6) is 0 Å². The summed E-state index contributed by atoms with van der Waals surface area (Å²) in [5.74, 6) is 0. The molecule has 1 atom stereocenters. The Morgan fingerprint density at radius 3 is 2.42 bits per heavy atom. The van der Waals surface area contributed by atoms with E-state index >= 15 is 0 Å². The highest BCUT2D eigenvalue weighted by molar-refractivity contribution is 5.16. The van der Waals surface area contributed by atoms with Gasteiger partial charge in [-0.3, -0.25) is 0 Å². The maximum absolute atomic E-state index is 9.54. The van der Waals surface area contributed by atoms with E-state index in [4.69, 9.17) is 5.11 Å². The summed E-state index contributed by atoms with van der Waals surface area (Å²) in [6, 6.07) is 9.50. The van der Waals surface area contributed by atoms with Gasteiger partial charge in [0, 0.05) is 6.61 Å². The molecule has 0 saturated heterocycles. The number of hydrogen-bond donors (Lipinski definition) is 2. The summed E-state index contributed by atoms with van der Waals surface area (Å²) in [5.41, 5.74) is 0.922. The van der Waals surface area contributed by atoms with Crippen molar-refractivity contribution in [1.82, 2.24) is 0 Å². The van der Waals surface area contributed by atoms with Crippen LogP contribution in [0.25, 0.3) is 0 Å². The van der Waals surface area contributed by atoms with Crippen LogP contribution in [0.4, 0.5) is 0 Å². The summed E-state index contributed by atoms with van der Waals surface area (Å²) >= 11 is 0. The highest BCUT2D eigenvalue weighted by Crippen LogP contribution is 2.16. The van der Waals surface area contributed by atoms with Crippen LogP contribution in [-0.4, -0.2) is 16.8 Å². The van der Waals surface area contributed by atoms with Gasteiger partial charge in [0.2, 0.25) is 0 Å². The van der Waals surface area contributed by atoms with Crippen LogP contribution in [0.15, 0.2) is 30.3 Å². The molecule has 0 radical (unpaired) electrons. The van der Waals surface area contributed by atoms with Crippen LogP contribution in [0.1, 0.15) is 24.5 Å². The summed E-state index contributed by atoms with van der Waals surface area (Å²) in [5, 5.41) is 18.1. The fourth-order valence-corrected chi connectivity index (χ4v) is 1.13. The molecule has 0 aliphatic carbocycles. The largest absolute Gasteiger partial charge is 0.396 e. The number of rotatable bonds is 4. The van der Waals surface area contributed by atoms with E-state index in [1.54, 1.807) is 0 Å². The first-order valence-corrected chi connectivity index (χ1v) is 4.18. The van der Waals surface area contributed by atoms with Crippen LogP contribution >= 0.6 is 0 Å². The van der Waals surface area contributed by atoms with Gasteiger partial charge < -0.3 is 10.2 Å². The zero-order valence-corrected chi connectivity index (χ0v) is 6.98. The number of aliphatic hydroxyl groups is 2. The van der Waals surface area contributed by atoms with Gasteiger partial charge in [-0.25, -0.2) is 0 Å². The lowest BCUT2D eigenvalue weighted by Gasteiger charge is -2.08. The van der Waals surface area contributed by atoms with E-state index in [9.17, 15) is 5.11 Å². The first-order valence-electron chi connectivity index (χ1n) is 4.18. The molecule has 1 rings (SSSR count). The molecule has 12 heavy (non-hydrogen) atoms. The molecule has 2 heteroatoms. The first kappa shape index (κ1) is 9.23. The fraction of sp³-hybridized carbons (Fsp3) is 0.400. The molecule has 0 spiro atoms. The van der Waals surface area contributed by atoms with Crippen molar-refractivity contribution in [2.24, 2.45) is 0 Å². The minimum atomic E-state index is -0.432. The smallest absolute Gasteiger partial charge is 0.0790 e. The Balaban J connectivity index is 2.48. The molecule has 1 aromatic carbocycles. The predicted molar refractivity (Wildman–Crippen MR) is 47.7 cm³/mol. The van der Waals surface area contributed by atoms with Crippen molar-refractivity contribution in [1.29, 1.82) is 0 Å². The van der Waals surface area contributed by atoms with Crippen molar-refractivity contribution < 1.29 is 10.2 Å². The molecule has 0 aliphatic heterocycles. The monoisotopic (exact) mass is 166 g/mol. The molecule has 0 aromatic heterocycles. The molecule has 1 aromatic rings. The topological polar surface area (TPSA) is 40.5 Å². The van der Waals surface area contributed by atoms with Crippen molar-refractivity contribution in [3.8, 4) is 0 Å². The Morgan fingerprint density at radius 2 is 1.83 bits per heavy atom. The van der Waals surface area contributed by atoms with Gasteiger partial charge in [0.15, 0.2) is 0 Å². The highest BCUT2D eigenvalue weighted by atomic mass is 16.3. The van der Waals surface area contributed by atoms with E-state index in [0.29, 0.717) is 12.8 Å². The third-order valence-electron chi connectivity index (χ3n) is 1.82. The zero-order chi connectivity index (χ0) is 8.81. The standard InChI is InChI=1S/C10H14O2/c11-8-4-7-10(12)9-5-2-1-3-6-9/h1-3,5-6,10-12H,4,7-8H2. The van der Waals surface area contributed by atoms with E-state index in [1.807, 2.05) is 30.3 Å². The quantitative estimate of drug-likeness (QED) is 0.711. The van der Waals surface area contributed by atoms with Gasteiger partial charge in [0.05, 0.1) is 6.10 Å². The molecule has 66 valence electrons. The molecule has 2 N–H and O–H groups in total. The molecular weight excluding hydrogens is 152 g/mol. The van der Waals surface area contributed by atoms with Gasteiger partial charge in [-0.2, -0.15) is 0 Å². The average molecular weight is 166 g/mol. The van der Waals surface area contributed by atoms with Gasteiger partial charge in [0.1, 0.15) is 0 Å². The third kappa shape index (κ3) is 2.64. The van der Waals surface area contributed by atoms with E-state index in [-0.39, 0.29) is 6.61 Å². The summed E-state index contributed by atoms with van der Waals surface area (Å²) in [6.07, 6.45) is 0.842. The van der Waals surface area contributed by atoms with Gasteiger partial charge in [-0.05, 0) is 18.4 Å². The summed E-state index contributed by atoms with van der Waals surface area (Å²) in [4.78, 5) is 0. The second-order valence-electron chi connectivity index (χ2n) is 2.79. The lowest BCUT2D eigenvalue weighted by atomic mass is 10.1. The van der Waals surface area contributed by atoms with Crippen molar-refractivity contribution in [2.75, 3.05) is 6.61 Å². The van der Waals surface area contributed by atoms with Gasteiger partial charge in [-0.1, -0.05) is 30.3 Å². The van der Waals surface area contributed by atoms with Crippen LogP contribution in [-0.2, 0) is 0 Å². The van der Waals surface area contributed by atoms with Crippen LogP contribution in [0.2, 0.25) is 0 Å². The molecule has 0 fully saturated rings. The van der Waals surface area contributed by atoms with Crippen LogP contribution < -0.4 is 0 Å². The van der Waals surface area contributed by atoms with Crippen LogP contribution in [0, 0.1) is 0 Å². The second-order valence-corrected chi connectivity index (χ2v) is 2.79. The normalized spacial score (nSPS) is 12.8. The Morgan fingerprint density at radius 1 is 1.17 bits per heavy atom. The van der Waals surface area contributed by atoms with Gasteiger partial charge in [0.25, 0.3) is 0 Å². The third-order valence-corrected chi connectivity index (χ3v) is 1.82. The second kappa shape index (κ2) is 4.91. The average Bonchev–Trinajstić information content (AvgIpc) is 2.15. The predicted octanol–water partition coefficient (Wildman–Crippen LogP) is 1.49. The SMILES string of the molecule is OCCCC(O)c1ccccc1. The lowest BCUT2D eigenvalue weighted by molar-refractivity contribution is 0.152. The molecule has 0 saturated carbocycles. The molecule has 0 heterocycles. The number of hydrogen-bond acceptors (Lipinski definition) is 2. The highest BCUT2D eigenvalue weighted by Gasteiger charge is 2.04. The number of aliphatic hydroxyl groups excluding tert-OH is 2. The Hall–Kier alpha value is -0.860. The molecule has 2 nitrogen and oxygen atoms in total. The minimum Gasteiger partial charge on any atom is -0.396 e. The molecule has 0 aliphatic rings. The summed E-state index contributed by atoms with van der Waals surface area (Å²) in [7, 11) is 0. The van der Waals surface area contributed by atoms with E-state index in [0.717, 1.165) is 5.56 Å². The van der Waals surface area contributed by atoms with E-state index in [1.165, 1.54) is 0 Å². The maximum Gasteiger partial charge on any atom is 0.0790 e. The summed E-state index contributed by atoms with van der Waals surface area (Å²) in [6.45, 7) is 0.143. The van der Waals surface area contributed by atoms with Gasteiger partial charge in [-0.15, -0.1) is 0 Å². The van der Waals surface area contributed by atoms with Crippen LogP contribution in [0.3, 0.4) is 0 Å². The Labute approximate surface area is 72.5 Å². The molecule has 0 amide bonds. The summed E-state index contributed by atoms with van der Waals surface area (Å²) < 4.78 is 0. The van der Waals surface area contributed by atoms with Crippen molar-refractivity contribution in [3.05, 3.63) is 35.9 Å². The molecule has 0 bridgehead atoms. The molecule has 1 unspecified atom stereocenters. The fourth-order valence-electron chi connectivity index (χ4n) is 1.13. The minimum absolute atomic E-state index is 0.143. The Bertz CT molecular complexity index is 208. The van der Waals surface area contributed by atoms with E-state index in [2.05, 4.69) is 0 Å². The zero-order valence-electron chi connectivity index (χ0n) is 6.98. The Kier molecular flexibility index (Phi) is 3.77. The van der Waals surface area contributed by atoms with Crippen molar-refractivity contribution >= 4 is 0 Å². The lowest BCUT2D eigenvalue weighted by Crippen LogP contribution is -1.98. The van der Waals surface area contributed by atoms with Crippen molar-refractivity contribution in [2.45, 2.75) is 18.9 Å². The van der Waals surface area contributed by atoms with E-state index < -0.39 is 6.10 Å². The molecular formula is C10H14O2.